The Morgan fingerprint density at radius 1 is 1.10 bits per heavy atom. The Hall–Kier alpha value is -3.03. The average Bonchev–Trinajstić information content (AvgIpc) is 3.24. The maximum absolute atomic E-state index is 13.3. The van der Waals surface area contributed by atoms with Gasteiger partial charge in [-0.15, -0.1) is 11.3 Å². The van der Waals surface area contributed by atoms with Crippen LogP contribution >= 0.6 is 22.9 Å². The van der Waals surface area contributed by atoms with Crippen molar-refractivity contribution in [3.63, 3.8) is 0 Å². The SMILES string of the molecule is CCn1c(=O)c2cc(C(=O)N(C)c3cc(Cl)c(OC)cc3OC)sc2c2ccccc21. The third kappa shape index (κ3) is 3.43. The number of pyridine rings is 1. The van der Waals surface area contributed by atoms with Gasteiger partial charge in [-0.1, -0.05) is 29.8 Å². The number of carbonyl (C=O) groups is 1. The number of rotatable bonds is 5. The second kappa shape index (κ2) is 8.24. The number of hydrogen-bond acceptors (Lipinski definition) is 5. The third-order valence-corrected chi connectivity index (χ3v) is 6.75. The summed E-state index contributed by atoms with van der Waals surface area (Å²) in [6.07, 6.45) is 0. The standard InChI is InChI=1S/C23H21ClN2O4S/c1-5-26-16-9-7-6-8-13(16)21-14(22(26)27)10-20(31-21)23(28)25(2)17-11-15(24)18(29-3)12-19(17)30-4/h6-12H,5H2,1-4H3. The summed E-state index contributed by atoms with van der Waals surface area (Å²) in [7, 11) is 4.68. The number of aromatic nitrogens is 1. The summed E-state index contributed by atoms with van der Waals surface area (Å²) in [5.74, 6) is 0.654. The van der Waals surface area contributed by atoms with E-state index in [1.807, 2.05) is 31.2 Å². The van der Waals surface area contributed by atoms with E-state index in [9.17, 15) is 9.59 Å². The zero-order valence-electron chi connectivity index (χ0n) is 17.6. The number of methoxy groups -OCH3 is 2. The van der Waals surface area contributed by atoms with Crippen LogP contribution in [0, 0.1) is 0 Å². The van der Waals surface area contributed by atoms with Gasteiger partial charge >= 0.3 is 0 Å². The predicted molar refractivity (Wildman–Crippen MR) is 127 cm³/mol. The van der Waals surface area contributed by atoms with Crippen LogP contribution in [0.1, 0.15) is 16.6 Å². The molecule has 0 N–H and O–H groups in total. The number of amides is 1. The van der Waals surface area contributed by atoms with E-state index >= 15 is 0 Å². The molecule has 2 aromatic heterocycles. The molecule has 0 saturated carbocycles. The van der Waals surface area contributed by atoms with Crippen LogP contribution in [0.3, 0.4) is 0 Å². The molecule has 0 radical (unpaired) electrons. The Balaban J connectivity index is 1.86. The summed E-state index contributed by atoms with van der Waals surface area (Å²) >= 11 is 7.59. The summed E-state index contributed by atoms with van der Waals surface area (Å²) in [6, 6.07) is 12.7. The van der Waals surface area contributed by atoms with Crippen LogP contribution in [-0.4, -0.2) is 31.7 Å². The quantitative estimate of drug-likeness (QED) is 0.415. The number of para-hydroxylation sites is 1. The van der Waals surface area contributed by atoms with E-state index in [4.69, 9.17) is 21.1 Å². The van der Waals surface area contributed by atoms with Crippen molar-refractivity contribution in [1.82, 2.24) is 4.57 Å². The Kier molecular flexibility index (Phi) is 5.64. The topological polar surface area (TPSA) is 60.8 Å². The Morgan fingerprint density at radius 3 is 2.48 bits per heavy atom. The monoisotopic (exact) mass is 456 g/mol. The first-order valence-corrected chi connectivity index (χ1v) is 10.8. The first-order valence-electron chi connectivity index (χ1n) is 9.65. The first kappa shape index (κ1) is 21.2. The van der Waals surface area contributed by atoms with Gasteiger partial charge in [0.1, 0.15) is 11.5 Å². The van der Waals surface area contributed by atoms with E-state index < -0.39 is 0 Å². The lowest BCUT2D eigenvalue weighted by Crippen LogP contribution is -2.26. The van der Waals surface area contributed by atoms with Crippen LogP contribution in [0.2, 0.25) is 5.02 Å². The molecule has 0 saturated heterocycles. The minimum absolute atomic E-state index is 0.0979. The molecule has 0 unspecified atom stereocenters. The molecule has 0 bridgehead atoms. The summed E-state index contributed by atoms with van der Waals surface area (Å²) in [5, 5.41) is 1.86. The Bertz CT molecular complexity index is 1380. The fraction of sp³-hybridized carbons (Fsp3) is 0.217. The van der Waals surface area contributed by atoms with Crippen LogP contribution in [0.15, 0.2) is 47.3 Å². The molecule has 31 heavy (non-hydrogen) atoms. The van der Waals surface area contributed by atoms with Crippen LogP contribution in [0.5, 0.6) is 11.5 Å². The molecular weight excluding hydrogens is 436 g/mol. The minimum Gasteiger partial charge on any atom is -0.495 e. The van der Waals surface area contributed by atoms with Gasteiger partial charge in [0.15, 0.2) is 0 Å². The van der Waals surface area contributed by atoms with Crippen molar-refractivity contribution in [3.05, 3.63) is 62.7 Å². The van der Waals surface area contributed by atoms with Crippen molar-refractivity contribution in [2.24, 2.45) is 0 Å². The Morgan fingerprint density at radius 2 is 1.81 bits per heavy atom. The number of anilines is 1. The van der Waals surface area contributed by atoms with Gasteiger partial charge in [-0.25, -0.2) is 0 Å². The number of fused-ring (bicyclic) bond motifs is 3. The molecule has 0 aliphatic rings. The molecule has 0 atom stereocenters. The number of benzene rings is 2. The van der Waals surface area contributed by atoms with Gasteiger partial charge in [-0.3, -0.25) is 9.59 Å². The lowest BCUT2D eigenvalue weighted by atomic mass is 10.1. The van der Waals surface area contributed by atoms with E-state index in [1.165, 1.54) is 30.5 Å². The number of carbonyl (C=O) groups excluding carboxylic acids is 1. The number of thiophene rings is 1. The summed E-state index contributed by atoms with van der Waals surface area (Å²) in [6.45, 7) is 2.49. The van der Waals surface area contributed by atoms with Crippen LogP contribution in [0.25, 0.3) is 21.0 Å². The molecule has 0 aliphatic heterocycles. The van der Waals surface area contributed by atoms with Gasteiger partial charge in [0, 0.05) is 29.7 Å². The molecule has 0 fully saturated rings. The maximum atomic E-state index is 13.3. The number of ether oxygens (including phenoxy) is 2. The van der Waals surface area contributed by atoms with Gasteiger partial charge in [-0.05, 0) is 25.1 Å². The van der Waals surface area contributed by atoms with Crippen molar-refractivity contribution in [2.45, 2.75) is 13.5 Å². The van der Waals surface area contributed by atoms with Gasteiger partial charge in [0.25, 0.3) is 11.5 Å². The number of aryl methyl sites for hydroxylation is 1. The van der Waals surface area contributed by atoms with Crippen molar-refractivity contribution in [2.75, 3.05) is 26.2 Å². The zero-order chi connectivity index (χ0) is 22.3. The fourth-order valence-electron chi connectivity index (χ4n) is 3.71. The largest absolute Gasteiger partial charge is 0.495 e. The molecule has 1 amide bonds. The molecular formula is C23H21ClN2O4S. The van der Waals surface area contributed by atoms with Crippen molar-refractivity contribution >= 4 is 55.5 Å². The van der Waals surface area contributed by atoms with Crippen molar-refractivity contribution in [3.8, 4) is 11.5 Å². The summed E-state index contributed by atoms with van der Waals surface area (Å²) < 4.78 is 13.2. The molecule has 0 aliphatic carbocycles. The molecule has 2 heterocycles. The highest BCUT2D eigenvalue weighted by atomic mass is 35.5. The highest BCUT2D eigenvalue weighted by Crippen LogP contribution is 2.39. The zero-order valence-corrected chi connectivity index (χ0v) is 19.1. The lowest BCUT2D eigenvalue weighted by Gasteiger charge is -2.20. The summed E-state index contributed by atoms with van der Waals surface area (Å²) in [5.41, 5.74) is 1.27. The van der Waals surface area contributed by atoms with Crippen LogP contribution < -0.4 is 19.9 Å². The smallest absolute Gasteiger partial charge is 0.268 e. The van der Waals surface area contributed by atoms with Crippen LogP contribution in [-0.2, 0) is 6.54 Å². The lowest BCUT2D eigenvalue weighted by molar-refractivity contribution is 0.0996. The molecule has 0 spiro atoms. The molecule has 4 aromatic rings. The number of hydrogen-bond donors (Lipinski definition) is 0. The molecule has 2 aromatic carbocycles. The first-order chi connectivity index (χ1) is 14.9. The van der Waals surface area contributed by atoms with E-state index in [-0.39, 0.29) is 11.5 Å². The highest BCUT2D eigenvalue weighted by molar-refractivity contribution is 7.21. The maximum Gasteiger partial charge on any atom is 0.268 e. The highest BCUT2D eigenvalue weighted by Gasteiger charge is 2.23. The van der Waals surface area contributed by atoms with E-state index in [1.54, 1.807) is 29.8 Å². The predicted octanol–water partition coefficient (Wildman–Crippen LogP) is 5.18. The van der Waals surface area contributed by atoms with Gasteiger partial charge in [0.2, 0.25) is 0 Å². The Labute approximate surface area is 188 Å². The number of nitrogens with zero attached hydrogens (tertiary/aromatic N) is 2. The number of halogens is 1. The minimum atomic E-state index is -0.257. The van der Waals surface area contributed by atoms with E-state index in [2.05, 4.69) is 0 Å². The fourth-order valence-corrected chi connectivity index (χ4v) is 5.10. The van der Waals surface area contributed by atoms with Crippen molar-refractivity contribution in [1.29, 1.82) is 0 Å². The average molecular weight is 457 g/mol. The van der Waals surface area contributed by atoms with E-state index in [0.29, 0.717) is 39.0 Å². The van der Waals surface area contributed by atoms with Crippen molar-refractivity contribution < 1.29 is 14.3 Å². The normalized spacial score (nSPS) is 11.1. The van der Waals surface area contributed by atoms with Crippen LogP contribution in [0.4, 0.5) is 5.69 Å². The molecule has 8 heteroatoms. The third-order valence-electron chi connectivity index (χ3n) is 5.29. The second-order valence-electron chi connectivity index (χ2n) is 6.94. The molecule has 4 rings (SSSR count). The van der Waals surface area contributed by atoms with Gasteiger partial charge in [0.05, 0.1) is 40.7 Å². The molecule has 6 nitrogen and oxygen atoms in total. The van der Waals surface area contributed by atoms with Gasteiger partial charge in [-0.2, -0.15) is 0 Å². The molecule has 160 valence electrons. The second-order valence-corrected chi connectivity index (χ2v) is 8.40. The summed E-state index contributed by atoms with van der Waals surface area (Å²) in [4.78, 5) is 28.3. The van der Waals surface area contributed by atoms with E-state index in [0.717, 1.165) is 15.6 Å². The van der Waals surface area contributed by atoms with Gasteiger partial charge < -0.3 is 18.9 Å².